The van der Waals surface area contributed by atoms with E-state index in [9.17, 15) is 17.6 Å². The number of rotatable bonds is 7. The fraction of sp³-hybridized carbons (Fsp3) is 0.417. The Balaban J connectivity index is 2.73. The molecule has 0 atom stereocenters. The van der Waals surface area contributed by atoms with Crippen molar-refractivity contribution in [1.29, 1.82) is 0 Å². The van der Waals surface area contributed by atoms with Crippen molar-refractivity contribution in [3.05, 3.63) is 22.4 Å². The third kappa shape index (κ3) is 5.80. The second-order valence-electron chi connectivity index (χ2n) is 4.14. The Bertz CT molecular complexity index is 624. The lowest BCUT2D eigenvalue weighted by atomic mass is 10.3. The van der Waals surface area contributed by atoms with E-state index in [0.29, 0.717) is 6.54 Å². The van der Waals surface area contributed by atoms with Crippen LogP contribution in [0.3, 0.4) is 0 Å². The number of halogens is 3. The minimum Gasteiger partial charge on any atom is -0.482 e. The van der Waals surface area contributed by atoms with Crippen molar-refractivity contribution in [3.8, 4) is 5.75 Å². The third-order valence-corrected chi connectivity index (χ3v) is 4.42. The zero-order valence-electron chi connectivity index (χ0n) is 11.2. The van der Waals surface area contributed by atoms with Gasteiger partial charge in [0.25, 0.3) is 15.0 Å². The molecule has 1 amide bonds. The van der Waals surface area contributed by atoms with Crippen LogP contribution in [-0.2, 0) is 13.8 Å². The number of ether oxygens (including phenoxy) is 1. The SMILES string of the molecule is CCCCNC(=O)COc1cc(F)c(S(=O)(=O)Cl)cc1Br. The van der Waals surface area contributed by atoms with Crippen molar-refractivity contribution in [2.24, 2.45) is 0 Å². The molecule has 0 bridgehead atoms. The summed E-state index contributed by atoms with van der Waals surface area (Å²) in [5.41, 5.74) is 0. The highest BCUT2D eigenvalue weighted by Gasteiger charge is 2.19. The maximum Gasteiger partial charge on any atom is 0.264 e. The standard InChI is InChI=1S/C12H14BrClFNO4S/c1-2-3-4-16-12(17)7-20-10-6-9(15)11(5-8(10)13)21(14,18)19/h5-6H,2-4,7H2,1H3,(H,16,17). The number of carbonyl (C=O) groups excluding carboxylic acids is 1. The first-order valence-corrected chi connectivity index (χ1v) is 9.19. The van der Waals surface area contributed by atoms with Gasteiger partial charge in [0.1, 0.15) is 16.5 Å². The van der Waals surface area contributed by atoms with Crippen LogP contribution in [0.5, 0.6) is 5.75 Å². The third-order valence-electron chi connectivity index (χ3n) is 2.46. The zero-order valence-corrected chi connectivity index (χ0v) is 14.3. The number of hydrogen-bond donors (Lipinski definition) is 1. The fourth-order valence-corrected chi connectivity index (χ4v) is 2.92. The molecule has 0 aromatic heterocycles. The molecule has 1 rings (SSSR count). The topological polar surface area (TPSA) is 72.5 Å². The molecular formula is C12H14BrClFNO4S. The van der Waals surface area contributed by atoms with Gasteiger partial charge in [-0.1, -0.05) is 13.3 Å². The molecule has 0 saturated heterocycles. The van der Waals surface area contributed by atoms with Crippen molar-refractivity contribution in [2.75, 3.05) is 13.2 Å². The molecule has 0 spiro atoms. The predicted molar refractivity (Wildman–Crippen MR) is 80.6 cm³/mol. The van der Waals surface area contributed by atoms with E-state index < -0.39 is 19.8 Å². The van der Waals surface area contributed by atoms with Gasteiger partial charge in [-0.15, -0.1) is 0 Å². The normalized spacial score (nSPS) is 11.2. The van der Waals surface area contributed by atoms with Crippen molar-refractivity contribution >= 4 is 41.6 Å². The summed E-state index contributed by atoms with van der Waals surface area (Å²) in [5, 5.41) is 2.63. The smallest absolute Gasteiger partial charge is 0.264 e. The molecule has 1 N–H and O–H groups in total. The molecule has 0 radical (unpaired) electrons. The molecule has 0 fully saturated rings. The molecule has 1 aromatic carbocycles. The maximum absolute atomic E-state index is 13.6. The highest BCUT2D eigenvalue weighted by atomic mass is 79.9. The van der Waals surface area contributed by atoms with Gasteiger partial charge in [-0.2, -0.15) is 0 Å². The van der Waals surface area contributed by atoms with E-state index in [2.05, 4.69) is 21.2 Å². The van der Waals surface area contributed by atoms with Crippen LogP contribution in [0.1, 0.15) is 19.8 Å². The molecule has 118 valence electrons. The summed E-state index contributed by atoms with van der Waals surface area (Å²) in [7, 11) is 0.906. The average Bonchev–Trinajstić information content (AvgIpc) is 2.38. The maximum atomic E-state index is 13.6. The molecule has 9 heteroatoms. The van der Waals surface area contributed by atoms with Gasteiger partial charge in [-0.3, -0.25) is 4.79 Å². The Hall–Kier alpha value is -0.860. The number of unbranched alkanes of at least 4 members (excludes halogenated alkanes) is 1. The van der Waals surface area contributed by atoms with E-state index in [0.717, 1.165) is 25.0 Å². The van der Waals surface area contributed by atoms with Crippen molar-refractivity contribution in [2.45, 2.75) is 24.7 Å². The first-order chi connectivity index (χ1) is 9.75. The Kier molecular flexibility index (Phi) is 6.89. The summed E-state index contributed by atoms with van der Waals surface area (Å²) in [5.74, 6) is -1.37. The molecule has 0 heterocycles. The molecule has 0 aliphatic rings. The van der Waals surface area contributed by atoms with E-state index >= 15 is 0 Å². The molecule has 5 nitrogen and oxygen atoms in total. The minimum absolute atomic E-state index is 0.0159. The van der Waals surface area contributed by atoms with Gasteiger partial charge in [-0.25, -0.2) is 12.8 Å². The van der Waals surface area contributed by atoms with Crippen molar-refractivity contribution in [3.63, 3.8) is 0 Å². The average molecular weight is 403 g/mol. The number of benzene rings is 1. The summed E-state index contributed by atoms with van der Waals surface area (Å²) < 4.78 is 41.2. The van der Waals surface area contributed by atoms with Crippen molar-refractivity contribution < 1.29 is 22.3 Å². The van der Waals surface area contributed by atoms with Crippen LogP contribution in [0.15, 0.2) is 21.5 Å². The summed E-state index contributed by atoms with van der Waals surface area (Å²) in [4.78, 5) is 10.8. The van der Waals surface area contributed by atoms with Gasteiger partial charge in [-0.05, 0) is 28.4 Å². The first-order valence-electron chi connectivity index (χ1n) is 6.09. The van der Waals surface area contributed by atoms with E-state index in [4.69, 9.17) is 15.4 Å². The van der Waals surface area contributed by atoms with Crippen LogP contribution in [0.25, 0.3) is 0 Å². The summed E-state index contributed by atoms with van der Waals surface area (Å²) in [6, 6.07) is 1.85. The van der Waals surface area contributed by atoms with E-state index in [1.807, 2.05) is 6.92 Å². The zero-order chi connectivity index (χ0) is 16.0. The number of nitrogens with one attached hydrogen (secondary N) is 1. The number of hydrogen-bond acceptors (Lipinski definition) is 4. The monoisotopic (exact) mass is 401 g/mol. The molecule has 0 aliphatic carbocycles. The molecule has 0 unspecified atom stereocenters. The first kappa shape index (κ1) is 18.2. The van der Waals surface area contributed by atoms with E-state index in [1.165, 1.54) is 0 Å². The largest absolute Gasteiger partial charge is 0.482 e. The van der Waals surface area contributed by atoms with Crippen molar-refractivity contribution in [1.82, 2.24) is 5.32 Å². The quantitative estimate of drug-likeness (QED) is 0.562. The van der Waals surface area contributed by atoms with Gasteiger partial charge in [0.2, 0.25) is 0 Å². The van der Waals surface area contributed by atoms with Gasteiger partial charge in [0.05, 0.1) is 4.47 Å². The lowest BCUT2D eigenvalue weighted by molar-refractivity contribution is -0.123. The molecular weight excluding hydrogens is 389 g/mol. The minimum atomic E-state index is -4.19. The Labute approximate surface area is 135 Å². The lowest BCUT2D eigenvalue weighted by Crippen LogP contribution is -2.29. The second kappa shape index (κ2) is 7.95. The summed E-state index contributed by atoms with van der Waals surface area (Å²) in [6.45, 7) is 2.24. The Morgan fingerprint density at radius 2 is 2.14 bits per heavy atom. The van der Waals surface area contributed by atoms with Gasteiger partial charge >= 0.3 is 0 Å². The molecule has 0 saturated carbocycles. The summed E-state index contributed by atoms with van der Waals surface area (Å²) in [6.07, 6.45) is 1.80. The second-order valence-corrected chi connectivity index (χ2v) is 7.53. The number of carbonyl (C=O) groups is 1. The van der Waals surface area contributed by atoms with E-state index in [1.54, 1.807) is 0 Å². The fourth-order valence-electron chi connectivity index (χ4n) is 1.41. The van der Waals surface area contributed by atoms with Crippen LogP contribution in [0, 0.1) is 5.82 Å². The predicted octanol–water partition coefficient (Wildman–Crippen LogP) is 2.81. The van der Waals surface area contributed by atoms with Gasteiger partial charge in [0.15, 0.2) is 6.61 Å². The van der Waals surface area contributed by atoms with Crippen LogP contribution in [0.4, 0.5) is 4.39 Å². The van der Waals surface area contributed by atoms with Crippen LogP contribution >= 0.6 is 26.6 Å². The molecule has 1 aromatic rings. The highest BCUT2D eigenvalue weighted by Crippen LogP contribution is 2.31. The van der Waals surface area contributed by atoms with Gasteiger partial charge < -0.3 is 10.1 Å². The van der Waals surface area contributed by atoms with Crippen LogP contribution < -0.4 is 10.1 Å². The number of amides is 1. The Morgan fingerprint density at radius 3 is 2.71 bits per heavy atom. The highest BCUT2D eigenvalue weighted by molar-refractivity contribution is 9.10. The lowest BCUT2D eigenvalue weighted by Gasteiger charge is -2.10. The van der Waals surface area contributed by atoms with Crippen LogP contribution in [-0.4, -0.2) is 27.5 Å². The van der Waals surface area contributed by atoms with Crippen LogP contribution in [0.2, 0.25) is 0 Å². The Morgan fingerprint density at radius 1 is 1.48 bits per heavy atom. The molecule has 0 aliphatic heterocycles. The summed E-state index contributed by atoms with van der Waals surface area (Å²) >= 11 is 3.04. The van der Waals surface area contributed by atoms with E-state index in [-0.39, 0.29) is 22.7 Å². The molecule has 21 heavy (non-hydrogen) atoms. The van der Waals surface area contributed by atoms with Gasteiger partial charge in [0, 0.05) is 23.3 Å².